The highest BCUT2D eigenvalue weighted by atomic mass is 32.2. The lowest BCUT2D eigenvalue weighted by Gasteiger charge is -2.35. The summed E-state index contributed by atoms with van der Waals surface area (Å²) in [6.07, 6.45) is 2.55. The van der Waals surface area contributed by atoms with Crippen LogP contribution in [-0.4, -0.2) is 100 Å². The second-order valence-electron chi connectivity index (χ2n) is 13.4. The van der Waals surface area contributed by atoms with Crippen LogP contribution in [-0.2, 0) is 27.8 Å². The number of carbonyl (C=O) groups is 2. The molecule has 3 aromatic rings. The van der Waals surface area contributed by atoms with E-state index in [0.29, 0.717) is 31.6 Å². The lowest BCUT2D eigenvalue weighted by molar-refractivity contribution is -0.128. The number of oxime groups is 1. The highest BCUT2D eigenvalue weighted by Gasteiger charge is 2.41. The van der Waals surface area contributed by atoms with Gasteiger partial charge in [-0.3, -0.25) is 9.78 Å². The predicted octanol–water partition coefficient (Wildman–Crippen LogP) is 4.29. The minimum Gasteiger partial charge on any atom is -0.411 e. The van der Waals surface area contributed by atoms with Crippen LogP contribution in [0.3, 0.4) is 0 Å². The molecule has 1 aromatic heterocycles. The minimum absolute atomic E-state index is 0.0273. The lowest BCUT2D eigenvalue weighted by Crippen LogP contribution is -2.57. The van der Waals surface area contributed by atoms with Gasteiger partial charge >= 0.3 is 6.03 Å². The molecular weight excluding hydrogens is 657 g/mol. The average Bonchev–Trinajstić information content (AvgIpc) is 3.44. The van der Waals surface area contributed by atoms with Crippen LogP contribution in [0.5, 0.6) is 0 Å². The number of amides is 3. The van der Waals surface area contributed by atoms with E-state index in [9.17, 15) is 23.1 Å². The van der Waals surface area contributed by atoms with E-state index in [4.69, 9.17) is 5.21 Å². The van der Waals surface area contributed by atoms with Gasteiger partial charge in [-0.15, -0.1) is 0 Å². The van der Waals surface area contributed by atoms with Crippen LogP contribution < -0.4 is 5.32 Å². The summed E-state index contributed by atoms with van der Waals surface area (Å²) < 4.78 is 29.0. The zero-order valence-electron chi connectivity index (χ0n) is 29.5. The van der Waals surface area contributed by atoms with Crippen molar-refractivity contribution >= 4 is 28.2 Å². The van der Waals surface area contributed by atoms with Crippen molar-refractivity contribution in [3.8, 4) is 0 Å². The average molecular weight is 707 g/mol. The zero-order chi connectivity index (χ0) is 36.4. The Balaban J connectivity index is 1.59. The van der Waals surface area contributed by atoms with Crippen LogP contribution in [0.4, 0.5) is 4.79 Å². The van der Waals surface area contributed by atoms with E-state index in [0.717, 1.165) is 16.8 Å². The van der Waals surface area contributed by atoms with Gasteiger partial charge in [0.1, 0.15) is 6.04 Å². The number of sulfonamides is 1. The van der Waals surface area contributed by atoms with Crippen molar-refractivity contribution in [1.82, 2.24) is 24.4 Å². The zero-order valence-corrected chi connectivity index (χ0v) is 30.3. The molecule has 1 fully saturated rings. The van der Waals surface area contributed by atoms with Crippen molar-refractivity contribution in [3.63, 3.8) is 0 Å². The van der Waals surface area contributed by atoms with Crippen molar-refractivity contribution in [2.75, 3.05) is 26.2 Å². The normalized spacial score (nSPS) is 16.3. The van der Waals surface area contributed by atoms with Crippen molar-refractivity contribution in [2.24, 2.45) is 17.0 Å². The number of nitrogens with one attached hydrogen (secondary N) is 1. The summed E-state index contributed by atoms with van der Waals surface area (Å²) >= 11 is 0. The Bertz CT molecular complexity index is 1690. The maximum atomic E-state index is 14.2. The number of aliphatic hydroxyl groups is 1. The van der Waals surface area contributed by atoms with Crippen LogP contribution in [0.2, 0.25) is 0 Å². The predicted molar refractivity (Wildman–Crippen MR) is 192 cm³/mol. The molecule has 50 heavy (non-hydrogen) atoms. The third-order valence-electron chi connectivity index (χ3n) is 9.04. The fraction of sp³-hybridized carbons (Fsp3) is 0.459. The number of nitrogens with zero attached hydrogens (tertiary/aromatic N) is 5. The van der Waals surface area contributed by atoms with E-state index in [2.05, 4.69) is 15.5 Å². The van der Waals surface area contributed by atoms with Gasteiger partial charge in [-0.2, -0.15) is 4.31 Å². The number of benzene rings is 2. The maximum Gasteiger partial charge on any atom is 0.321 e. The second-order valence-corrected chi connectivity index (χ2v) is 15.4. The molecule has 0 saturated carbocycles. The Morgan fingerprint density at radius 1 is 1.02 bits per heavy atom. The van der Waals surface area contributed by atoms with Gasteiger partial charge in [0.2, 0.25) is 15.9 Å². The first kappa shape index (κ1) is 38.5. The first-order valence-electron chi connectivity index (χ1n) is 17.1. The van der Waals surface area contributed by atoms with E-state index in [-0.39, 0.29) is 42.3 Å². The molecule has 1 aliphatic heterocycles. The molecule has 1 aliphatic rings. The molecule has 0 unspecified atom stereocenters. The minimum atomic E-state index is -4.06. The molecule has 4 atom stereocenters. The first-order chi connectivity index (χ1) is 23.8. The number of aromatic nitrogens is 1. The van der Waals surface area contributed by atoms with Gasteiger partial charge in [0.25, 0.3) is 0 Å². The molecule has 0 spiro atoms. The Hall–Kier alpha value is -4.33. The first-order valence-corrected chi connectivity index (χ1v) is 18.5. The van der Waals surface area contributed by atoms with Gasteiger partial charge in [0.05, 0.1) is 23.3 Å². The Labute approximate surface area is 295 Å². The van der Waals surface area contributed by atoms with Crippen LogP contribution in [0.15, 0.2) is 83.0 Å². The fourth-order valence-corrected chi connectivity index (χ4v) is 7.75. The van der Waals surface area contributed by atoms with E-state index in [1.54, 1.807) is 16.0 Å². The van der Waals surface area contributed by atoms with E-state index < -0.39 is 34.1 Å². The highest BCUT2D eigenvalue weighted by Crippen LogP contribution is 2.24. The quantitative estimate of drug-likeness (QED) is 0.108. The molecule has 1 saturated heterocycles. The van der Waals surface area contributed by atoms with Gasteiger partial charge in [0.15, 0.2) is 0 Å². The summed E-state index contributed by atoms with van der Waals surface area (Å²) in [6, 6.07) is 17.2. The number of carbonyl (C=O) groups excluding carboxylic acids is 2. The highest BCUT2D eigenvalue weighted by molar-refractivity contribution is 7.89. The number of pyridine rings is 1. The molecule has 270 valence electrons. The molecule has 12 nitrogen and oxygen atoms in total. The summed E-state index contributed by atoms with van der Waals surface area (Å²) in [4.78, 5) is 35.6. The van der Waals surface area contributed by atoms with Gasteiger partial charge in [-0.1, -0.05) is 87.8 Å². The fourth-order valence-electron chi connectivity index (χ4n) is 6.12. The number of urea groups is 1. The van der Waals surface area contributed by atoms with E-state index in [1.807, 2.05) is 77.1 Å². The Morgan fingerprint density at radius 2 is 1.72 bits per heavy atom. The molecular formula is C37H50N6O6S. The summed E-state index contributed by atoms with van der Waals surface area (Å²) in [5, 5.41) is 26.7. The van der Waals surface area contributed by atoms with E-state index in [1.165, 1.54) is 34.8 Å². The molecule has 2 aromatic carbocycles. The number of hydrogen-bond donors (Lipinski definition) is 3. The summed E-state index contributed by atoms with van der Waals surface area (Å²) in [5.74, 6) is -0.647. The standard InChI is InChI=1S/C37H50N6O6S/c1-6-27(4)35(43-19-18-41(37(43)46)24-31-13-12-28(5)38-21-31)36(45)40-33(20-29-10-8-7-9-11-29)34(44)25-42(23-26(2)3)50(48,49)32-16-14-30(15-17-32)22-39-47/h7-17,21-22,26-27,33-35,44,47H,6,18-20,23-25H2,1-5H3,(H,40,45)/t27-,33-,34+,35-/m0/s1. The lowest BCUT2D eigenvalue weighted by atomic mass is 9.95. The number of aliphatic hydroxyl groups excluding tert-OH is 1. The monoisotopic (exact) mass is 706 g/mol. The van der Waals surface area contributed by atoms with Crippen molar-refractivity contribution < 1.29 is 28.3 Å². The Kier molecular flexibility index (Phi) is 13.5. The number of rotatable bonds is 17. The molecule has 0 aliphatic carbocycles. The maximum absolute atomic E-state index is 14.2. The smallest absolute Gasteiger partial charge is 0.321 e. The van der Waals surface area contributed by atoms with Crippen LogP contribution >= 0.6 is 0 Å². The van der Waals surface area contributed by atoms with Crippen molar-refractivity contribution in [2.45, 2.75) is 77.1 Å². The van der Waals surface area contributed by atoms with Crippen LogP contribution in [0.1, 0.15) is 56.5 Å². The molecule has 0 radical (unpaired) electrons. The second kappa shape index (κ2) is 17.6. The van der Waals surface area contributed by atoms with Crippen molar-refractivity contribution in [3.05, 3.63) is 95.3 Å². The summed E-state index contributed by atoms with van der Waals surface area (Å²) in [5.41, 5.74) is 3.16. The third kappa shape index (κ3) is 9.89. The SMILES string of the molecule is CC[C@H](C)[C@@H](C(=O)N[C@@H](Cc1ccccc1)[C@H](O)CN(CC(C)C)S(=O)(=O)c1ccc(C=NO)cc1)N1CCN(Cc2ccc(C)nc2)C1=O. The van der Waals surface area contributed by atoms with E-state index >= 15 is 0 Å². The van der Waals surface area contributed by atoms with Crippen LogP contribution in [0.25, 0.3) is 0 Å². The summed E-state index contributed by atoms with van der Waals surface area (Å²) in [7, 11) is -4.06. The molecule has 2 heterocycles. The molecule has 13 heteroatoms. The molecule has 0 bridgehead atoms. The van der Waals surface area contributed by atoms with Gasteiger partial charge in [0, 0.05) is 44.6 Å². The molecule has 3 N–H and O–H groups in total. The van der Waals surface area contributed by atoms with Gasteiger partial charge in [-0.05, 0) is 60.1 Å². The Morgan fingerprint density at radius 3 is 2.32 bits per heavy atom. The van der Waals surface area contributed by atoms with Crippen LogP contribution in [0, 0.1) is 18.8 Å². The molecule has 3 amide bonds. The van der Waals surface area contributed by atoms with Gasteiger partial charge < -0.3 is 25.4 Å². The number of hydrogen-bond acceptors (Lipinski definition) is 8. The van der Waals surface area contributed by atoms with Crippen molar-refractivity contribution in [1.29, 1.82) is 0 Å². The largest absolute Gasteiger partial charge is 0.411 e. The van der Waals surface area contributed by atoms with Gasteiger partial charge in [-0.25, -0.2) is 13.2 Å². The topological polar surface area (TPSA) is 156 Å². The molecule has 4 rings (SSSR count). The summed E-state index contributed by atoms with van der Waals surface area (Å²) in [6.45, 7) is 10.7. The number of aryl methyl sites for hydroxylation is 1. The third-order valence-corrected chi connectivity index (χ3v) is 10.9.